The van der Waals surface area contributed by atoms with Crippen molar-refractivity contribution in [3.05, 3.63) is 29.3 Å². The van der Waals surface area contributed by atoms with Gasteiger partial charge < -0.3 is 10.4 Å². The van der Waals surface area contributed by atoms with Crippen molar-refractivity contribution in [1.82, 2.24) is 5.32 Å². The number of benzene rings is 1. The molecule has 1 aromatic carbocycles. The molecule has 6 nitrogen and oxygen atoms in total. The number of aliphatic carboxylic acids is 1. The number of nitrogens with one attached hydrogen (secondary N) is 1. The van der Waals surface area contributed by atoms with E-state index < -0.39 is 32.5 Å². The third-order valence-electron chi connectivity index (χ3n) is 4.48. The maximum atomic E-state index is 13.1. The summed E-state index contributed by atoms with van der Waals surface area (Å²) in [4.78, 5) is 23.9. The van der Waals surface area contributed by atoms with Gasteiger partial charge in [0.25, 0.3) is 0 Å². The summed E-state index contributed by atoms with van der Waals surface area (Å²) in [6, 6.07) is 4.57. The number of rotatable bonds is 6. The van der Waals surface area contributed by atoms with E-state index in [2.05, 4.69) is 5.32 Å². The first-order chi connectivity index (χ1) is 11.2. The quantitative estimate of drug-likeness (QED) is 0.797. The summed E-state index contributed by atoms with van der Waals surface area (Å²) in [5.74, 6) is -1.91. The monoisotopic (exact) mass is 373 g/mol. The molecule has 0 aliphatic heterocycles. The molecule has 1 fully saturated rings. The smallest absolute Gasteiger partial charge is 0.326 e. The van der Waals surface area contributed by atoms with Gasteiger partial charge in [0.2, 0.25) is 5.91 Å². The predicted molar refractivity (Wildman–Crippen MR) is 89.7 cm³/mol. The van der Waals surface area contributed by atoms with Crippen LogP contribution in [0.3, 0.4) is 0 Å². The molecular formula is C16H20ClNO5S. The van der Waals surface area contributed by atoms with Gasteiger partial charge >= 0.3 is 5.97 Å². The molecule has 0 aromatic heterocycles. The molecule has 1 aliphatic carbocycles. The highest BCUT2D eigenvalue weighted by atomic mass is 35.5. The van der Waals surface area contributed by atoms with Crippen LogP contribution in [0.2, 0.25) is 5.02 Å². The van der Waals surface area contributed by atoms with Crippen LogP contribution in [0, 0.1) is 0 Å². The molecule has 0 spiro atoms. The van der Waals surface area contributed by atoms with Gasteiger partial charge in [0.1, 0.15) is 6.04 Å². The van der Waals surface area contributed by atoms with E-state index in [0.717, 1.165) is 0 Å². The van der Waals surface area contributed by atoms with Gasteiger partial charge in [-0.15, -0.1) is 0 Å². The molecule has 1 amide bonds. The molecule has 1 aliphatic rings. The summed E-state index contributed by atoms with van der Waals surface area (Å²) >= 11 is 5.80. The molecule has 1 aromatic rings. The molecule has 8 heteroatoms. The highest BCUT2D eigenvalue weighted by Gasteiger charge is 2.53. The Labute approximate surface area is 146 Å². The van der Waals surface area contributed by atoms with E-state index in [-0.39, 0.29) is 24.2 Å². The van der Waals surface area contributed by atoms with Crippen molar-refractivity contribution in [2.24, 2.45) is 0 Å². The number of carbonyl (C=O) groups is 2. The first-order valence-corrected chi connectivity index (χ1v) is 9.64. The number of halogens is 1. The zero-order chi connectivity index (χ0) is 18.0. The third-order valence-corrected chi connectivity index (χ3v) is 7.24. The minimum atomic E-state index is -3.96. The SMILES string of the molecule is CCC(NC(=O)C1(S(=O)(=O)c2ccc(Cl)cc2)CCCC1)C(=O)O. The fourth-order valence-corrected chi connectivity index (χ4v) is 5.23. The third kappa shape index (κ3) is 3.28. The van der Waals surface area contributed by atoms with Gasteiger partial charge in [0.05, 0.1) is 4.90 Å². The van der Waals surface area contributed by atoms with Crippen molar-refractivity contribution < 1.29 is 23.1 Å². The minimum Gasteiger partial charge on any atom is -0.480 e. The van der Waals surface area contributed by atoms with Crippen LogP contribution in [-0.2, 0) is 19.4 Å². The van der Waals surface area contributed by atoms with E-state index in [9.17, 15) is 18.0 Å². The molecule has 1 unspecified atom stereocenters. The summed E-state index contributed by atoms with van der Waals surface area (Å²) in [5, 5.41) is 11.9. The van der Waals surface area contributed by atoms with Crippen LogP contribution in [0.1, 0.15) is 39.0 Å². The Morgan fingerprint density at radius 3 is 2.25 bits per heavy atom. The van der Waals surface area contributed by atoms with E-state index in [4.69, 9.17) is 16.7 Å². The predicted octanol–water partition coefficient (Wildman–Crippen LogP) is 2.41. The van der Waals surface area contributed by atoms with Crippen molar-refractivity contribution in [2.75, 3.05) is 0 Å². The molecule has 0 bridgehead atoms. The van der Waals surface area contributed by atoms with E-state index >= 15 is 0 Å². The van der Waals surface area contributed by atoms with Gasteiger partial charge in [0.15, 0.2) is 14.6 Å². The summed E-state index contributed by atoms with van der Waals surface area (Å²) in [7, 11) is -3.96. The largest absolute Gasteiger partial charge is 0.480 e. The lowest BCUT2D eigenvalue weighted by Gasteiger charge is -2.29. The van der Waals surface area contributed by atoms with Gasteiger partial charge in [-0.1, -0.05) is 31.4 Å². The minimum absolute atomic E-state index is 0.0207. The molecule has 2 rings (SSSR count). The molecule has 0 saturated heterocycles. The van der Waals surface area contributed by atoms with Crippen LogP contribution >= 0.6 is 11.6 Å². The number of hydrogen-bond donors (Lipinski definition) is 2. The average Bonchev–Trinajstić information content (AvgIpc) is 3.04. The molecular weight excluding hydrogens is 354 g/mol. The second-order valence-electron chi connectivity index (χ2n) is 5.93. The summed E-state index contributed by atoms with van der Waals surface area (Å²) in [6.45, 7) is 1.62. The fraction of sp³-hybridized carbons (Fsp3) is 0.500. The number of carbonyl (C=O) groups excluding carboxylic acids is 1. The fourth-order valence-electron chi connectivity index (χ4n) is 3.03. The Morgan fingerprint density at radius 1 is 1.25 bits per heavy atom. The molecule has 2 N–H and O–H groups in total. The van der Waals surface area contributed by atoms with Gasteiger partial charge in [0, 0.05) is 5.02 Å². The van der Waals surface area contributed by atoms with Crippen LogP contribution in [0.5, 0.6) is 0 Å². The highest BCUT2D eigenvalue weighted by molar-refractivity contribution is 7.93. The van der Waals surface area contributed by atoms with Crippen LogP contribution in [0.4, 0.5) is 0 Å². The van der Waals surface area contributed by atoms with Crippen molar-refractivity contribution in [3.63, 3.8) is 0 Å². The number of sulfone groups is 1. The van der Waals surface area contributed by atoms with E-state index in [1.807, 2.05) is 0 Å². The second kappa shape index (κ2) is 7.11. The Balaban J connectivity index is 2.41. The normalized spacial score (nSPS) is 18.1. The average molecular weight is 374 g/mol. The Hall–Kier alpha value is -1.60. The van der Waals surface area contributed by atoms with Crippen LogP contribution in [0.25, 0.3) is 0 Å². The Bertz CT molecular complexity index is 723. The lowest BCUT2D eigenvalue weighted by atomic mass is 10.1. The zero-order valence-corrected chi connectivity index (χ0v) is 14.9. The molecule has 1 atom stereocenters. The maximum absolute atomic E-state index is 13.1. The molecule has 132 valence electrons. The van der Waals surface area contributed by atoms with Crippen molar-refractivity contribution >= 4 is 33.3 Å². The van der Waals surface area contributed by atoms with Crippen LogP contribution in [0.15, 0.2) is 29.2 Å². The van der Waals surface area contributed by atoms with Crippen molar-refractivity contribution in [1.29, 1.82) is 0 Å². The van der Waals surface area contributed by atoms with Gasteiger partial charge in [-0.3, -0.25) is 4.79 Å². The molecule has 1 saturated carbocycles. The van der Waals surface area contributed by atoms with Crippen LogP contribution in [-0.4, -0.2) is 36.2 Å². The first-order valence-electron chi connectivity index (χ1n) is 7.78. The summed E-state index contributed by atoms with van der Waals surface area (Å²) < 4.78 is 24.6. The number of carboxylic acids is 1. The van der Waals surface area contributed by atoms with Gasteiger partial charge in [-0.05, 0) is 43.5 Å². The van der Waals surface area contributed by atoms with Crippen molar-refractivity contribution in [2.45, 2.75) is 54.7 Å². The van der Waals surface area contributed by atoms with Gasteiger partial charge in [-0.2, -0.15) is 0 Å². The summed E-state index contributed by atoms with van der Waals surface area (Å²) in [6.07, 6.45) is 1.74. The van der Waals surface area contributed by atoms with E-state index in [1.54, 1.807) is 6.92 Å². The first kappa shape index (κ1) is 18.7. The second-order valence-corrected chi connectivity index (χ2v) is 8.63. The highest BCUT2D eigenvalue weighted by Crippen LogP contribution is 2.41. The Kier molecular flexibility index (Phi) is 5.55. The summed E-state index contributed by atoms with van der Waals surface area (Å²) in [5.41, 5.74) is 0. The number of carboxylic acid groups (broad SMARTS) is 1. The standard InChI is InChI=1S/C16H20ClNO5S/c1-2-13(14(19)20)18-15(21)16(9-3-4-10-16)24(22,23)12-7-5-11(17)6-8-12/h5-8,13H,2-4,9-10H2,1H3,(H,18,21)(H,19,20). The molecule has 0 heterocycles. The lowest BCUT2D eigenvalue weighted by molar-refractivity contribution is -0.142. The zero-order valence-electron chi connectivity index (χ0n) is 13.3. The number of amides is 1. The Morgan fingerprint density at radius 2 is 1.79 bits per heavy atom. The molecule has 0 radical (unpaired) electrons. The van der Waals surface area contributed by atoms with Crippen molar-refractivity contribution in [3.8, 4) is 0 Å². The number of hydrogen-bond acceptors (Lipinski definition) is 4. The maximum Gasteiger partial charge on any atom is 0.326 e. The van der Waals surface area contributed by atoms with E-state index in [0.29, 0.717) is 17.9 Å². The molecule has 24 heavy (non-hydrogen) atoms. The topological polar surface area (TPSA) is 101 Å². The van der Waals surface area contributed by atoms with Crippen LogP contribution < -0.4 is 5.32 Å². The lowest BCUT2D eigenvalue weighted by Crippen LogP contribution is -2.54. The van der Waals surface area contributed by atoms with Gasteiger partial charge in [-0.25, -0.2) is 13.2 Å². The van der Waals surface area contributed by atoms with E-state index in [1.165, 1.54) is 24.3 Å².